The zero-order chi connectivity index (χ0) is 25.9. The van der Waals surface area contributed by atoms with E-state index in [9.17, 15) is 22.8 Å². The molecule has 1 aliphatic rings. The molecular weight excluding hydrogens is 506 g/mol. The van der Waals surface area contributed by atoms with Crippen molar-refractivity contribution in [3.05, 3.63) is 52.5 Å². The molecule has 2 aromatic rings. The Morgan fingerprint density at radius 1 is 1.00 bits per heavy atom. The van der Waals surface area contributed by atoms with E-state index in [1.807, 2.05) is 4.90 Å². The van der Waals surface area contributed by atoms with Crippen LogP contribution in [-0.4, -0.2) is 62.2 Å². The molecule has 0 saturated carbocycles. The van der Waals surface area contributed by atoms with Crippen LogP contribution < -0.4 is 14.5 Å². The van der Waals surface area contributed by atoms with Gasteiger partial charge in [0.2, 0.25) is 5.91 Å². The molecule has 0 N–H and O–H groups in total. The van der Waals surface area contributed by atoms with Gasteiger partial charge in [0.25, 0.3) is 0 Å². The van der Waals surface area contributed by atoms with Crippen molar-refractivity contribution in [1.82, 2.24) is 4.90 Å². The van der Waals surface area contributed by atoms with Crippen molar-refractivity contribution in [3.8, 4) is 5.75 Å². The molecule has 190 valence electrons. The third kappa shape index (κ3) is 5.95. The van der Waals surface area contributed by atoms with Gasteiger partial charge in [-0.15, -0.1) is 0 Å². The van der Waals surface area contributed by atoms with Crippen LogP contribution >= 0.6 is 23.2 Å². The van der Waals surface area contributed by atoms with E-state index in [1.165, 1.54) is 36.3 Å². The molecule has 2 aromatic carbocycles. The number of para-hydroxylation sites is 1. The molecule has 1 atom stereocenters. The lowest BCUT2D eigenvalue weighted by Gasteiger charge is -2.41. The average molecular weight is 532 g/mol. The summed E-state index contributed by atoms with van der Waals surface area (Å²) in [6.45, 7) is 4.51. The standard InChI is InChI=1S/C24H26Cl2F3N3O3/c1-15(2)21(32(23(34)24(27,28)29)16-7-5-4-6-8-16)22(33)31-11-9-30(10-12-31)19-14-20(35-3)18(26)13-17(19)25/h4-8,13-15,21H,9-12H2,1-3H3. The Kier molecular flexibility index (Phi) is 8.43. The van der Waals surface area contributed by atoms with Gasteiger partial charge in [-0.05, 0) is 24.1 Å². The Morgan fingerprint density at radius 3 is 2.11 bits per heavy atom. The van der Waals surface area contributed by atoms with Crippen LogP contribution in [0.3, 0.4) is 0 Å². The van der Waals surface area contributed by atoms with Crippen LogP contribution in [0.4, 0.5) is 24.5 Å². The van der Waals surface area contributed by atoms with Gasteiger partial charge in [0.15, 0.2) is 0 Å². The van der Waals surface area contributed by atoms with Gasteiger partial charge in [-0.1, -0.05) is 55.2 Å². The van der Waals surface area contributed by atoms with Crippen LogP contribution in [0.1, 0.15) is 13.8 Å². The minimum Gasteiger partial charge on any atom is -0.495 e. The first-order valence-electron chi connectivity index (χ1n) is 11.0. The van der Waals surface area contributed by atoms with Gasteiger partial charge in [-0.3, -0.25) is 14.5 Å². The molecule has 11 heteroatoms. The number of benzene rings is 2. The molecule has 35 heavy (non-hydrogen) atoms. The first kappa shape index (κ1) is 26.9. The molecule has 1 saturated heterocycles. The molecule has 1 aliphatic heterocycles. The van der Waals surface area contributed by atoms with Crippen LogP contribution in [-0.2, 0) is 9.59 Å². The highest BCUT2D eigenvalue weighted by atomic mass is 35.5. The van der Waals surface area contributed by atoms with Crippen molar-refractivity contribution in [3.63, 3.8) is 0 Å². The maximum Gasteiger partial charge on any atom is 0.471 e. The second kappa shape index (κ2) is 11.0. The lowest BCUT2D eigenvalue weighted by atomic mass is 9.99. The Bertz CT molecular complexity index is 1060. The van der Waals surface area contributed by atoms with Crippen molar-refractivity contribution in [2.24, 2.45) is 5.92 Å². The Balaban J connectivity index is 1.84. The summed E-state index contributed by atoms with van der Waals surface area (Å²) in [5.41, 5.74) is 0.694. The highest BCUT2D eigenvalue weighted by Gasteiger charge is 2.48. The molecule has 1 unspecified atom stereocenters. The number of methoxy groups -OCH3 is 1. The van der Waals surface area contributed by atoms with Crippen molar-refractivity contribution >= 4 is 46.4 Å². The van der Waals surface area contributed by atoms with Crippen molar-refractivity contribution in [1.29, 1.82) is 0 Å². The fraction of sp³-hybridized carbons (Fsp3) is 0.417. The van der Waals surface area contributed by atoms with E-state index >= 15 is 0 Å². The number of alkyl halides is 3. The number of halogens is 5. The number of hydrogen-bond donors (Lipinski definition) is 0. The highest BCUT2D eigenvalue weighted by molar-refractivity contribution is 6.37. The average Bonchev–Trinajstić information content (AvgIpc) is 2.81. The van der Waals surface area contributed by atoms with E-state index in [1.54, 1.807) is 32.0 Å². The molecule has 0 radical (unpaired) electrons. The molecule has 0 aromatic heterocycles. The summed E-state index contributed by atoms with van der Waals surface area (Å²) in [6.07, 6.45) is -5.13. The number of anilines is 2. The van der Waals surface area contributed by atoms with Crippen LogP contribution in [0.25, 0.3) is 0 Å². The number of carbonyl (C=O) groups excluding carboxylic acids is 2. The summed E-state index contributed by atoms with van der Waals surface area (Å²) in [4.78, 5) is 30.0. The zero-order valence-electron chi connectivity index (χ0n) is 19.5. The van der Waals surface area contributed by atoms with Crippen molar-refractivity contribution in [2.75, 3.05) is 43.1 Å². The van der Waals surface area contributed by atoms with Crippen LogP contribution in [0.15, 0.2) is 42.5 Å². The lowest BCUT2D eigenvalue weighted by Crippen LogP contribution is -2.59. The summed E-state index contributed by atoms with van der Waals surface area (Å²) < 4.78 is 45.8. The normalized spacial score (nSPS) is 15.2. The van der Waals surface area contributed by atoms with Gasteiger partial charge >= 0.3 is 12.1 Å². The fourth-order valence-electron chi connectivity index (χ4n) is 4.10. The summed E-state index contributed by atoms with van der Waals surface area (Å²) in [5, 5.41) is 0.784. The van der Waals surface area contributed by atoms with Gasteiger partial charge in [0, 0.05) is 37.9 Å². The van der Waals surface area contributed by atoms with E-state index in [2.05, 4.69) is 0 Å². The maximum absolute atomic E-state index is 13.5. The predicted molar refractivity (Wildman–Crippen MR) is 130 cm³/mol. The summed E-state index contributed by atoms with van der Waals surface area (Å²) in [5.74, 6) is -2.73. The minimum absolute atomic E-state index is 0.0144. The summed E-state index contributed by atoms with van der Waals surface area (Å²) in [6, 6.07) is 9.41. The van der Waals surface area contributed by atoms with Gasteiger partial charge < -0.3 is 14.5 Å². The van der Waals surface area contributed by atoms with Gasteiger partial charge in [0.05, 0.1) is 22.8 Å². The molecule has 2 amide bonds. The van der Waals surface area contributed by atoms with E-state index in [0.29, 0.717) is 39.5 Å². The monoisotopic (exact) mass is 531 g/mol. The molecule has 1 heterocycles. The number of rotatable bonds is 6. The van der Waals surface area contributed by atoms with Gasteiger partial charge in [-0.25, -0.2) is 0 Å². The molecule has 3 rings (SSSR count). The third-order valence-corrected chi connectivity index (χ3v) is 6.41. The zero-order valence-corrected chi connectivity index (χ0v) is 21.0. The fourth-order valence-corrected chi connectivity index (χ4v) is 4.67. The number of amides is 2. The SMILES string of the molecule is COc1cc(N2CCN(C(=O)C(C(C)C)N(C(=O)C(F)(F)F)c3ccccc3)CC2)c(Cl)cc1Cl. The quantitative estimate of drug-likeness (QED) is 0.509. The molecule has 0 bridgehead atoms. The Hall–Kier alpha value is -2.65. The first-order valence-corrected chi connectivity index (χ1v) is 11.7. The summed E-state index contributed by atoms with van der Waals surface area (Å²) in [7, 11) is 1.49. The molecule has 0 spiro atoms. The number of carbonyl (C=O) groups is 2. The lowest BCUT2D eigenvalue weighted by molar-refractivity contribution is -0.171. The number of nitrogens with zero attached hydrogens (tertiary/aromatic N) is 3. The van der Waals surface area contributed by atoms with Gasteiger partial charge in [-0.2, -0.15) is 13.2 Å². The van der Waals surface area contributed by atoms with Crippen LogP contribution in [0, 0.1) is 5.92 Å². The van der Waals surface area contributed by atoms with E-state index in [-0.39, 0.29) is 18.8 Å². The van der Waals surface area contributed by atoms with Crippen LogP contribution in [0.5, 0.6) is 5.75 Å². The molecule has 6 nitrogen and oxygen atoms in total. The number of ether oxygens (including phenoxy) is 1. The Labute approximate surface area is 212 Å². The first-order chi connectivity index (χ1) is 16.5. The smallest absolute Gasteiger partial charge is 0.471 e. The minimum atomic E-state index is -5.13. The Morgan fingerprint density at radius 2 is 1.60 bits per heavy atom. The molecule has 1 fully saturated rings. The number of piperazine rings is 1. The highest BCUT2D eigenvalue weighted by Crippen LogP contribution is 2.37. The third-order valence-electron chi connectivity index (χ3n) is 5.81. The van der Waals surface area contributed by atoms with Gasteiger partial charge in [0.1, 0.15) is 11.8 Å². The van der Waals surface area contributed by atoms with E-state index in [4.69, 9.17) is 27.9 Å². The second-order valence-electron chi connectivity index (χ2n) is 8.45. The second-order valence-corrected chi connectivity index (χ2v) is 9.26. The topological polar surface area (TPSA) is 53.1 Å². The van der Waals surface area contributed by atoms with E-state index in [0.717, 1.165) is 0 Å². The number of hydrogen-bond acceptors (Lipinski definition) is 4. The van der Waals surface area contributed by atoms with E-state index < -0.39 is 30.0 Å². The van der Waals surface area contributed by atoms with Crippen molar-refractivity contribution in [2.45, 2.75) is 26.1 Å². The molecular formula is C24H26Cl2F3N3O3. The van der Waals surface area contributed by atoms with Crippen LogP contribution in [0.2, 0.25) is 10.0 Å². The predicted octanol–water partition coefficient (Wildman–Crippen LogP) is 5.27. The molecule has 0 aliphatic carbocycles. The largest absolute Gasteiger partial charge is 0.495 e. The van der Waals surface area contributed by atoms with Crippen molar-refractivity contribution < 1.29 is 27.5 Å². The maximum atomic E-state index is 13.5. The summed E-state index contributed by atoms with van der Waals surface area (Å²) >= 11 is 12.5.